The molecule has 11 heteroatoms. The van der Waals surface area contributed by atoms with E-state index in [0.717, 1.165) is 23.1 Å². The van der Waals surface area contributed by atoms with Gasteiger partial charge >= 0.3 is 11.7 Å². The third-order valence-corrected chi connectivity index (χ3v) is 4.05. The molecule has 1 heterocycles. The monoisotopic (exact) mass is 398 g/mol. The quantitative estimate of drug-likeness (QED) is 0.340. The summed E-state index contributed by atoms with van der Waals surface area (Å²) in [6, 6.07) is 8.79. The van der Waals surface area contributed by atoms with Gasteiger partial charge in [0.1, 0.15) is 11.4 Å². The number of carbonyl (C=O) groups excluding carboxylic acids is 2. The van der Waals surface area contributed by atoms with E-state index in [1.807, 2.05) is 0 Å². The molecule has 0 saturated carbocycles. The van der Waals surface area contributed by atoms with Crippen LogP contribution in [0.25, 0.3) is 6.08 Å². The Bertz CT molecular complexity index is 1050. The van der Waals surface area contributed by atoms with Gasteiger partial charge in [0.2, 0.25) is 5.75 Å². The van der Waals surface area contributed by atoms with Crippen LogP contribution in [0.5, 0.6) is 11.5 Å². The summed E-state index contributed by atoms with van der Waals surface area (Å²) in [4.78, 5) is 45.3. The highest BCUT2D eigenvalue weighted by Crippen LogP contribution is 2.34. The second-order valence-electron chi connectivity index (χ2n) is 5.87. The van der Waals surface area contributed by atoms with Crippen molar-refractivity contribution in [2.45, 2.75) is 6.92 Å². The first-order chi connectivity index (χ1) is 13.8. The fraction of sp³-hybridized carbons (Fsp3) is 0.111. The number of hydrogen-bond donors (Lipinski definition) is 1. The summed E-state index contributed by atoms with van der Waals surface area (Å²) in [7, 11) is 0. The fourth-order valence-corrected chi connectivity index (χ4v) is 2.63. The molecule has 0 atom stereocenters. The van der Waals surface area contributed by atoms with Crippen LogP contribution < -0.4 is 10.1 Å². The summed E-state index contributed by atoms with van der Waals surface area (Å²) in [5, 5.41) is 24.4. The first-order valence-corrected chi connectivity index (χ1v) is 8.35. The molecule has 0 bridgehead atoms. The molecule has 2 aromatic carbocycles. The standard InChI is InChI=1S/C18H14N4O7/c1-2-20-17(23)14(19-18(20)24)9-11-3-6-13(7-4-11)29-16-8-5-12(21(25)26)10-15(16)22(27)28/h3-10H,2H2,1H3,(H,19,24)/b14-9+. The second-order valence-corrected chi connectivity index (χ2v) is 5.87. The van der Waals surface area contributed by atoms with E-state index in [9.17, 15) is 29.8 Å². The molecular formula is C18H14N4O7. The Balaban J connectivity index is 1.81. The average molecular weight is 398 g/mol. The van der Waals surface area contributed by atoms with E-state index in [0.29, 0.717) is 5.56 Å². The third-order valence-electron chi connectivity index (χ3n) is 4.05. The molecule has 1 saturated heterocycles. The molecule has 3 amide bonds. The van der Waals surface area contributed by atoms with Crippen molar-refractivity contribution in [3.05, 3.63) is 74.0 Å². The van der Waals surface area contributed by atoms with Crippen LogP contribution in [0.1, 0.15) is 12.5 Å². The first kappa shape index (κ1) is 19.5. The molecule has 0 unspecified atom stereocenters. The molecule has 2 aromatic rings. The summed E-state index contributed by atoms with van der Waals surface area (Å²) in [6.07, 6.45) is 1.49. The van der Waals surface area contributed by atoms with E-state index < -0.39 is 33.2 Å². The SMILES string of the molecule is CCN1C(=O)N/C(=C/c2ccc(Oc3ccc([N+](=O)[O-])cc3[N+](=O)[O-])cc2)C1=O. The summed E-state index contributed by atoms with van der Waals surface area (Å²) >= 11 is 0. The Kier molecular flexibility index (Phi) is 5.21. The molecule has 1 aliphatic heterocycles. The number of hydrogen-bond acceptors (Lipinski definition) is 7. The van der Waals surface area contributed by atoms with Gasteiger partial charge in [0.25, 0.3) is 11.6 Å². The average Bonchev–Trinajstić information content (AvgIpc) is 2.95. The van der Waals surface area contributed by atoms with E-state index in [4.69, 9.17) is 4.74 Å². The molecule has 0 aromatic heterocycles. The van der Waals surface area contributed by atoms with Crippen molar-refractivity contribution in [3.8, 4) is 11.5 Å². The normalized spacial score (nSPS) is 14.8. The molecule has 1 N–H and O–H groups in total. The molecule has 1 aliphatic rings. The number of nitro groups is 2. The number of nitro benzene ring substituents is 2. The zero-order valence-corrected chi connectivity index (χ0v) is 15.0. The van der Waals surface area contributed by atoms with Gasteiger partial charge in [-0.3, -0.25) is 29.9 Å². The first-order valence-electron chi connectivity index (χ1n) is 8.35. The van der Waals surface area contributed by atoms with Gasteiger partial charge in [0.05, 0.1) is 15.9 Å². The lowest BCUT2D eigenvalue weighted by Gasteiger charge is -2.07. The van der Waals surface area contributed by atoms with Crippen LogP contribution in [0.4, 0.5) is 16.2 Å². The summed E-state index contributed by atoms with van der Waals surface area (Å²) in [5.41, 5.74) is -0.228. The highest BCUT2D eigenvalue weighted by atomic mass is 16.6. The molecule has 3 rings (SSSR count). The van der Waals surface area contributed by atoms with Gasteiger partial charge in [-0.15, -0.1) is 0 Å². The van der Waals surface area contributed by atoms with Gasteiger partial charge in [0.15, 0.2) is 0 Å². The van der Waals surface area contributed by atoms with Gasteiger partial charge in [-0.1, -0.05) is 12.1 Å². The Morgan fingerprint density at radius 1 is 1.07 bits per heavy atom. The molecule has 1 fully saturated rings. The van der Waals surface area contributed by atoms with Gasteiger partial charge in [-0.25, -0.2) is 4.79 Å². The van der Waals surface area contributed by atoms with Crippen LogP contribution in [0.3, 0.4) is 0 Å². The predicted octanol–water partition coefficient (Wildman–Crippen LogP) is 3.21. The van der Waals surface area contributed by atoms with Crippen LogP contribution >= 0.6 is 0 Å². The number of nitrogens with one attached hydrogen (secondary N) is 1. The Morgan fingerprint density at radius 3 is 2.31 bits per heavy atom. The number of likely N-dealkylation sites (N-methyl/N-ethyl adjacent to an activating group) is 1. The predicted molar refractivity (Wildman–Crippen MR) is 100 cm³/mol. The maximum absolute atomic E-state index is 12.1. The molecule has 0 spiro atoms. The molecular weight excluding hydrogens is 384 g/mol. The molecule has 29 heavy (non-hydrogen) atoms. The van der Waals surface area contributed by atoms with Crippen molar-refractivity contribution in [2.24, 2.45) is 0 Å². The lowest BCUT2D eigenvalue weighted by Crippen LogP contribution is -2.30. The van der Waals surface area contributed by atoms with E-state index in [-0.39, 0.29) is 23.7 Å². The van der Waals surface area contributed by atoms with E-state index in [1.54, 1.807) is 19.1 Å². The summed E-state index contributed by atoms with van der Waals surface area (Å²) < 4.78 is 5.47. The lowest BCUT2D eigenvalue weighted by molar-refractivity contribution is -0.394. The Hall–Kier alpha value is -4.28. The second kappa shape index (κ2) is 7.76. The summed E-state index contributed by atoms with van der Waals surface area (Å²) in [6.45, 7) is 1.94. The van der Waals surface area contributed by atoms with E-state index in [1.165, 1.54) is 18.2 Å². The number of benzene rings is 2. The minimum absolute atomic E-state index is 0.136. The van der Waals surface area contributed by atoms with E-state index in [2.05, 4.69) is 5.32 Å². The van der Waals surface area contributed by atoms with Crippen molar-refractivity contribution in [1.29, 1.82) is 0 Å². The maximum Gasteiger partial charge on any atom is 0.328 e. The fourth-order valence-electron chi connectivity index (χ4n) is 2.63. The zero-order valence-electron chi connectivity index (χ0n) is 15.0. The Labute approximate surface area is 163 Å². The van der Waals surface area contributed by atoms with Gasteiger partial charge in [-0.05, 0) is 36.8 Å². The lowest BCUT2D eigenvalue weighted by atomic mass is 10.2. The minimum atomic E-state index is -0.769. The van der Waals surface area contributed by atoms with E-state index >= 15 is 0 Å². The highest BCUT2D eigenvalue weighted by molar-refractivity contribution is 6.13. The minimum Gasteiger partial charge on any atom is -0.450 e. The molecule has 148 valence electrons. The number of ether oxygens (including phenoxy) is 1. The number of carbonyl (C=O) groups is 2. The molecule has 0 radical (unpaired) electrons. The van der Waals surface area contributed by atoms with Crippen molar-refractivity contribution >= 4 is 29.4 Å². The van der Waals surface area contributed by atoms with Crippen LogP contribution in [-0.2, 0) is 4.79 Å². The Morgan fingerprint density at radius 2 is 1.76 bits per heavy atom. The molecule has 0 aliphatic carbocycles. The number of rotatable bonds is 6. The highest BCUT2D eigenvalue weighted by Gasteiger charge is 2.31. The van der Waals surface area contributed by atoms with Crippen LogP contribution in [0.15, 0.2) is 48.2 Å². The smallest absolute Gasteiger partial charge is 0.328 e. The number of amides is 3. The zero-order chi connectivity index (χ0) is 21.1. The number of nitrogens with zero attached hydrogens (tertiary/aromatic N) is 3. The van der Waals surface area contributed by atoms with Crippen molar-refractivity contribution in [2.75, 3.05) is 6.54 Å². The molecule has 11 nitrogen and oxygen atoms in total. The van der Waals surface area contributed by atoms with Gasteiger partial charge in [-0.2, -0.15) is 0 Å². The van der Waals surface area contributed by atoms with Crippen molar-refractivity contribution < 1.29 is 24.2 Å². The number of imide groups is 1. The third kappa shape index (κ3) is 4.03. The largest absolute Gasteiger partial charge is 0.450 e. The van der Waals surface area contributed by atoms with Crippen LogP contribution in [0, 0.1) is 20.2 Å². The number of urea groups is 1. The number of non-ortho nitro benzene ring substituents is 1. The van der Waals surface area contributed by atoms with Crippen molar-refractivity contribution in [1.82, 2.24) is 10.2 Å². The van der Waals surface area contributed by atoms with Gasteiger partial charge < -0.3 is 10.1 Å². The van der Waals surface area contributed by atoms with Crippen LogP contribution in [-0.4, -0.2) is 33.2 Å². The summed E-state index contributed by atoms with van der Waals surface area (Å²) in [5.74, 6) is -0.330. The van der Waals surface area contributed by atoms with Gasteiger partial charge in [0, 0.05) is 12.6 Å². The van der Waals surface area contributed by atoms with Crippen molar-refractivity contribution in [3.63, 3.8) is 0 Å². The van der Waals surface area contributed by atoms with Crippen LogP contribution in [0.2, 0.25) is 0 Å². The topological polar surface area (TPSA) is 145 Å². The maximum atomic E-state index is 12.1.